The molecule has 2 aromatic carbocycles. The van der Waals surface area contributed by atoms with E-state index in [4.69, 9.17) is 4.74 Å². The van der Waals surface area contributed by atoms with E-state index in [1.807, 2.05) is 43.3 Å². The Morgan fingerprint density at radius 3 is 2.63 bits per heavy atom. The van der Waals surface area contributed by atoms with Gasteiger partial charge in [-0.05, 0) is 30.7 Å². The van der Waals surface area contributed by atoms with Crippen LogP contribution in [-0.2, 0) is 4.79 Å². The lowest BCUT2D eigenvalue weighted by Gasteiger charge is -2.25. The fourth-order valence-electron chi connectivity index (χ4n) is 3.42. The van der Waals surface area contributed by atoms with Gasteiger partial charge >= 0.3 is 5.97 Å². The summed E-state index contributed by atoms with van der Waals surface area (Å²) in [5.74, 6) is -0.620. The van der Waals surface area contributed by atoms with Crippen molar-refractivity contribution in [1.82, 2.24) is 9.78 Å². The number of hydrogen-bond donors (Lipinski definition) is 3. The van der Waals surface area contributed by atoms with Crippen molar-refractivity contribution in [3.8, 4) is 5.75 Å². The first-order valence-corrected chi connectivity index (χ1v) is 9.29. The maximum atomic E-state index is 12.9. The van der Waals surface area contributed by atoms with Crippen molar-refractivity contribution in [2.75, 3.05) is 17.7 Å². The third-order valence-electron chi connectivity index (χ3n) is 4.96. The Morgan fingerprint density at radius 1 is 1.17 bits per heavy atom. The van der Waals surface area contributed by atoms with Crippen molar-refractivity contribution in [2.45, 2.75) is 13.0 Å². The zero-order valence-corrected chi connectivity index (χ0v) is 16.4. The quantitative estimate of drug-likeness (QED) is 0.602. The first kappa shape index (κ1) is 19.3. The second kappa shape index (κ2) is 7.75. The molecule has 30 heavy (non-hydrogen) atoms. The molecule has 2 heterocycles. The van der Waals surface area contributed by atoms with Gasteiger partial charge in [-0.1, -0.05) is 36.4 Å². The lowest BCUT2D eigenvalue weighted by atomic mass is 10.0. The smallest absolute Gasteiger partial charge is 0.352 e. The molecule has 0 fully saturated rings. The van der Waals surface area contributed by atoms with E-state index in [2.05, 4.69) is 15.7 Å². The molecule has 3 N–H and O–H groups in total. The Hall–Kier alpha value is -4.07. The number of carbonyl (C=O) groups is 2. The fourth-order valence-corrected chi connectivity index (χ4v) is 3.42. The average molecular weight is 404 g/mol. The van der Waals surface area contributed by atoms with Crippen LogP contribution in [0.1, 0.15) is 27.5 Å². The van der Waals surface area contributed by atoms with Crippen molar-refractivity contribution < 1.29 is 19.4 Å². The molecule has 8 nitrogen and oxygen atoms in total. The van der Waals surface area contributed by atoms with E-state index < -0.39 is 12.0 Å². The van der Waals surface area contributed by atoms with Crippen LogP contribution in [-0.4, -0.2) is 33.9 Å². The van der Waals surface area contributed by atoms with Crippen LogP contribution < -0.4 is 15.4 Å². The van der Waals surface area contributed by atoms with Crippen molar-refractivity contribution in [2.24, 2.45) is 0 Å². The van der Waals surface area contributed by atoms with Gasteiger partial charge in [0.25, 0.3) is 5.91 Å². The number of nitrogens with zero attached hydrogens (tertiary/aromatic N) is 2. The Bertz CT molecular complexity index is 1170. The number of carboxylic acids is 1. The van der Waals surface area contributed by atoms with Crippen LogP contribution in [0.2, 0.25) is 0 Å². The molecule has 1 aromatic heterocycles. The summed E-state index contributed by atoms with van der Waals surface area (Å²) in [5.41, 5.74) is 2.52. The number of aromatic nitrogens is 2. The standard InChI is InChI=1S/C22H20N4O4/c1-13-7-3-5-9-16(13)25-21(27)15-12-23-26-18(11-17(22(28)29)24-20(15)26)14-8-4-6-10-19(14)30-2/h3-12,18,24H,1-2H3,(H,25,27)(H,28,29)/t18-/m1/s1. The monoisotopic (exact) mass is 404 g/mol. The van der Waals surface area contributed by atoms with Gasteiger partial charge in [-0.3, -0.25) is 4.79 Å². The first-order chi connectivity index (χ1) is 14.5. The van der Waals surface area contributed by atoms with Crippen LogP contribution in [0, 0.1) is 6.92 Å². The minimum atomic E-state index is -1.13. The average Bonchev–Trinajstić information content (AvgIpc) is 3.19. The summed E-state index contributed by atoms with van der Waals surface area (Å²) in [7, 11) is 1.55. The number of methoxy groups -OCH3 is 1. The summed E-state index contributed by atoms with van der Waals surface area (Å²) < 4.78 is 7.02. The summed E-state index contributed by atoms with van der Waals surface area (Å²) in [6.07, 6.45) is 2.97. The first-order valence-electron chi connectivity index (χ1n) is 9.29. The minimum absolute atomic E-state index is 0.0381. The number of para-hydroxylation sites is 2. The number of rotatable bonds is 5. The topological polar surface area (TPSA) is 105 Å². The molecule has 0 unspecified atom stereocenters. The van der Waals surface area contributed by atoms with Crippen molar-refractivity contribution in [3.63, 3.8) is 0 Å². The number of aryl methyl sites for hydroxylation is 1. The minimum Gasteiger partial charge on any atom is -0.496 e. The Labute approximate surface area is 172 Å². The van der Waals surface area contributed by atoms with Gasteiger partial charge in [-0.2, -0.15) is 5.10 Å². The highest BCUT2D eigenvalue weighted by atomic mass is 16.5. The Kier molecular flexibility index (Phi) is 4.97. The molecule has 152 valence electrons. The number of aliphatic carboxylic acids is 1. The Balaban J connectivity index is 1.76. The zero-order chi connectivity index (χ0) is 21.3. The number of fused-ring (bicyclic) bond motifs is 1. The third kappa shape index (κ3) is 3.39. The van der Waals surface area contributed by atoms with Gasteiger partial charge in [-0.25, -0.2) is 9.48 Å². The molecule has 1 aliphatic heterocycles. The molecule has 1 amide bonds. The SMILES string of the molecule is COc1ccccc1[C@H]1C=C(C(=O)O)Nc2c(C(=O)Nc3ccccc3C)cnn21. The predicted molar refractivity (Wildman–Crippen MR) is 112 cm³/mol. The van der Waals surface area contributed by atoms with E-state index in [0.29, 0.717) is 17.3 Å². The molecule has 0 radical (unpaired) electrons. The number of ether oxygens (including phenoxy) is 1. The Morgan fingerprint density at radius 2 is 1.90 bits per heavy atom. The van der Waals surface area contributed by atoms with Gasteiger partial charge in [0.05, 0.1) is 13.3 Å². The molecule has 0 saturated heterocycles. The lowest BCUT2D eigenvalue weighted by molar-refractivity contribution is -0.132. The highest BCUT2D eigenvalue weighted by Crippen LogP contribution is 2.36. The van der Waals surface area contributed by atoms with Crippen LogP contribution in [0.15, 0.2) is 66.5 Å². The summed E-state index contributed by atoms with van der Waals surface area (Å²) in [4.78, 5) is 24.7. The van der Waals surface area contributed by atoms with Crippen LogP contribution >= 0.6 is 0 Å². The summed E-state index contributed by atoms with van der Waals surface area (Å²) in [6.45, 7) is 1.89. The summed E-state index contributed by atoms with van der Waals surface area (Å²) in [5, 5.41) is 19.7. The summed E-state index contributed by atoms with van der Waals surface area (Å²) in [6, 6.07) is 14.2. The normalized spacial score (nSPS) is 14.9. The lowest BCUT2D eigenvalue weighted by Crippen LogP contribution is -2.26. The van der Waals surface area contributed by atoms with Gasteiger partial charge in [0.1, 0.15) is 28.9 Å². The molecule has 0 aliphatic carbocycles. The molecule has 0 spiro atoms. The van der Waals surface area contributed by atoms with E-state index in [0.717, 1.165) is 11.1 Å². The van der Waals surface area contributed by atoms with Gasteiger partial charge in [0.15, 0.2) is 0 Å². The number of allylic oxidation sites excluding steroid dienone is 1. The molecule has 1 atom stereocenters. The number of carbonyl (C=O) groups excluding carboxylic acids is 1. The highest BCUT2D eigenvalue weighted by molar-refractivity contribution is 6.08. The van der Waals surface area contributed by atoms with Crippen molar-refractivity contribution in [1.29, 1.82) is 0 Å². The van der Waals surface area contributed by atoms with E-state index in [9.17, 15) is 14.7 Å². The van der Waals surface area contributed by atoms with Crippen molar-refractivity contribution in [3.05, 3.63) is 83.2 Å². The van der Waals surface area contributed by atoms with Gasteiger partial charge in [-0.15, -0.1) is 0 Å². The molecule has 0 bridgehead atoms. The molecular formula is C22H20N4O4. The third-order valence-corrected chi connectivity index (χ3v) is 4.96. The maximum Gasteiger partial charge on any atom is 0.352 e. The number of nitrogens with one attached hydrogen (secondary N) is 2. The van der Waals surface area contributed by atoms with E-state index in [1.54, 1.807) is 30.0 Å². The maximum absolute atomic E-state index is 12.9. The van der Waals surface area contributed by atoms with Crippen molar-refractivity contribution >= 4 is 23.4 Å². The largest absolute Gasteiger partial charge is 0.496 e. The van der Waals surface area contributed by atoms with Gasteiger partial charge in [0, 0.05) is 11.3 Å². The van der Waals surface area contributed by atoms with Gasteiger partial charge in [0.2, 0.25) is 0 Å². The highest BCUT2D eigenvalue weighted by Gasteiger charge is 2.30. The van der Waals surface area contributed by atoms with E-state index in [-0.39, 0.29) is 17.2 Å². The van der Waals surface area contributed by atoms with Crippen LogP contribution in [0.5, 0.6) is 5.75 Å². The predicted octanol–water partition coefficient (Wildman–Crippen LogP) is 3.44. The summed E-state index contributed by atoms with van der Waals surface area (Å²) >= 11 is 0. The number of hydrogen-bond acceptors (Lipinski definition) is 5. The second-order valence-electron chi connectivity index (χ2n) is 6.82. The molecule has 1 aliphatic rings. The van der Waals surface area contributed by atoms with Crippen LogP contribution in [0.4, 0.5) is 11.5 Å². The number of benzene rings is 2. The zero-order valence-electron chi connectivity index (χ0n) is 16.4. The van der Waals surface area contributed by atoms with E-state index >= 15 is 0 Å². The molecule has 8 heteroatoms. The second-order valence-corrected chi connectivity index (χ2v) is 6.82. The van der Waals surface area contributed by atoms with Crippen LogP contribution in [0.3, 0.4) is 0 Å². The molecular weight excluding hydrogens is 384 g/mol. The van der Waals surface area contributed by atoms with Crippen LogP contribution in [0.25, 0.3) is 0 Å². The molecule has 3 aromatic rings. The van der Waals surface area contributed by atoms with Gasteiger partial charge < -0.3 is 20.5 Å². The number of anilines is 2. The van der Waals surface area contributed by atoms with E-state index in [1.165, 1.54) is 6.20 Å². The molecule has 4 rings (SSSR count). The molecule has 0 saturated carbocycles. The fraction of sp³-hybridized carbons (Fsp3) is 0.136. The number of carboxylic acid groups (broad SMARTS) is 1. The number of amides is 1.